The maximum absolute atomic E-state index is 5.34. The molecule has 0 atom stereocenters. The van der Waals surface area contributed by atoms with E-state index in [1.165, 1.54) is 12.3 Å². The monoisotopic (exact) mass is 214 g/mol. The molecule has 0 spiro atoms. The van der Waals surface area contributed by atoms with E-state index >= 15 is 0 Å². The molecule has 0 saturated heterocycles. The molecule has 0 aliphatic heterocycles. The Morgan fingerprint density at radius 3 is 1.10 bits per heavy atom. The van der Waals surface area contributed by atoms with Crippen LogP contribution < -0.4 is 0 Å². The highest BCUT2D eigenvalue weighted by Crippen LogP contribution is 2.44. The third-order valence-electron chi connectivity index (χ3n) is 1.18. The number of rotatable bonds is 3. The molecule has 0 aliphatic rings. The van der Waals surface area contributed by atoms with Gasteiger partial charge in [-0.1, -0.05) is 23.6 Å². The minimum absolute atomic E-state index is 0.968. The first-order valence-electron chi connectivity index (χ1n) is 3.29. The second-order valence-electron chi connectivity index (χ2n) is 3.60. The van der Waals surface area contributed by atoms with Gasteiger partial charge < -0.3 is 0 Å². The molecule has 0 amide bonds. The van der Waals surface area contributed by atoms with Gasteiger partial charge in [-0.3, -0.25) is 0 Å². The van der Waals surface area contributed by atoms with Crippen LogP contribution in [0, 0.1) is 0 Å². The van der Waals surface area contributed by atoms with Crippen molar-refractivity contribution >= 4 is 35.7 Å². The Labute approximate surface area is 74.8 Å². The lowest BCUT2D eigenvalue weighted by atomic mass is 11.0. The van der Waals surface area contributed by atoms with Crippen molar-refractivity contribution in [2.24, 2.45) is 0 Å². The summed E-state index contributed by atoms with van der Waals surface area (Å²) in [4.78, 5) is 0. The zero-order chi connectivity index (χ0) is 8.41. The molecular weight excluding hydrogens is 198 g/mol. The largest absolute Gasteiger partial charge is 0.0980 e. The predicted molar refractivity (Wildman–Crippen MR) is 62.0 cm³/mol. The van der Waals surface area contributed by atoms with Crippen molar-refractivity contribution in [3.8, 4) is 0 Å². The van der Waals surface area contributed by atoms with Crippen molar-refractivity contribution < 1.29 is 0 Å². The molecule has 0 aromatic heterocycles. The Hall–Kier alpha value is 1.30. The summed E-state index contributed by atoms with van der Waals surface area (Å²) in [6, 6.07) is -1.94. The minimum atomic E-state index is -0.968. The Bertz CT molecular complexity index is 164. The Balaban J connectivity index is 3.79. The van der Waals surface area contributed by atoms with Crippen molar-refractivity contribution in [1.29, 1.82) is 0 Å². The summed E-state index contributed by atoms with van der Waals surface area (Å²) in [5, 5.41) is 0. The SMILES string of the molecule is CP(C)(=S)CCP(C)(C)=S. The second-order valence-corrected chi connectivity index (χ2v) is 16.7. The standard InChI is InChI=1S/C6H16P2S2/c1-7(2,9)5-6-8(3,4)10/h5-6H2,1-4H3. The first-order valence-corrected chi connectivity index (χ1v) is 11.1. The van der Waals surface area contributed by atoms with Crippen LogP contribution in [0.2, 0.25) is 0 Å². The van der Waals surface area contributed by atoms with Crippen molar-refractivity contribution in [2.75, 3.05) is 39.0 Å². The van der Waals surface area contributed by atoms with Crippen LogP contribution in [0.5, 0.6) is 0 Å². The van der Waals surface area contributed by atoms with E-state index in [0.29, 0.717) is 0 Å². The molecule has 0 N–H and O–H groups in total. The quantitative estimate of drug-likeness (QED) is 0.662. The second kappa shape index (κ2) is 3.81. The zero-order valence-electron chi connectivity index (χ0n) is 7.13. The summed E-state index contributed by atoms with van der Waals surface area (Å²) >= 11 is 10.7. The third kappa shape index (κ3) is 9.30. The van der Waals surface area contributed by atoms with E-state index in [1.54, 1.807) is 0 Å². The molecule has 0 heterocycles. The molecule has 0 aromatic carbocycles. The van der Waals surface area contributed by atoms with Gasteiger partial charge in [-0.05, 0) is 51.1 Å². The van der Waals surface area contributed by atoms with Crippen LogP contribution in [0.4, 0.5) is 0 Å². The van der Waals surface area contributed by atoms with Crippen LogP contribution in [0.25, 0.3) is 0 Å². The Morgan fingerprint density at radius 1 is 0.800 bits per heavy atom. The van der Waals surface area contributed by atoms with E-state index in [2.05, 4.69) is 26.7 Å². The zero-order valence-corrected chi connectivity index (χ0v) is 10.5. The van der Waals surface area contributed by atoms with Gasteiger partial charge in [-0.15, -0.1) is 0 Å². The molecule has 0 rings (SSSR count). The molecule has 0 radical (unpaired) electrons. The van der Waals surface area contributed by atoms with E-state index in [4.69, 9.17) is 23.6 Å². The van der Waals surface area contributed by atoms with Crippen molar-refractivity contribution in [1.82, 2.24) is 0 Å². The van der Waals surface area contributed by atoms with Gasteiger partial charge in [0.15, 0.2) is 0 Å². The molecule has 10 heavy (non-hydrogen) atoms. The average molecular weight is 214 g/mol. The molecule has 0 fully saturated rings. The predicted octanol–water partition coefficient (Wildman–Crippen LogP) is 2.46. The normalized spacial score (nSPS) is 13.6. The van der Waals surface area contributed by atoms with Crippen molar-refractivity contribution in [2.45, 2.75) is 0 Å². The summed E-state index contributed by atoms with van der Waals surface area (Å²) in [7, 11) is 0. The topological polar surface area (TPSA) is 0 Å². The number of hydrogen-bond donors (Lipinski definition) is 0. The van der Waals surface area contributed by atoms with E-state index in [9.17, 15) is 0 Å². The van der Waals surface area contributed by atoms with Gasteiger partial charge in [0.05, 0.1) is 0 Å². The van der Waals surface area contributed by atoms with Crippen LogP contribution >= 0.6 is 12.1 Å². The molecule has 0 bridgehead atoms. The maximum atomic E-state index is 5.34. The molecular formula is C6H16P2S2. The highest BCUT2D eigenvalue weighted by molar-refractivity contribution is 8.16. The van der Waals surface area contributed by atoms with Gasteiger partial charge >= 0.3 is 0 Å². The minimum Gasteiger partial charge on any atom is -0.0980 e. The van der Waals surface area contributed by atoms with Gasteiger partial charge in [-0.25, -0.2) is 0 Å². The molecule has 0 aliphatic carbocycles. The first kappa shape index (κ1) is 11.3. The average Bonchev–Trinajstić information content (AvgIpc) is 1.57. The molecule has 4 heteroatoms. The molecule has 0 unspecified atom stereocenters. The van der Waals surface area contributed by atoms with Gasteiger partial charge in [-0.2, -0.15) is 0 Å². The van der Waals surface area contributed by atoms with Gasteiger partial charge in [0.2, 0.25) is 0 Å². The van der Waals surface area contributed by atoms with Crippen LogP contribution in [0.1, 0.15) is 0 Å². The summed E-state index contributed by atoms with van der Waals surface area (Å²) in [5.41, 5.74) is 0. The number of hydrogen-bond acceptors (Lipinski definition) is 2. The van der Waals surface area contributed by atoms with Crippen LogP contribution in [-0.2, 0) is 23.6 Å². The fraction of sp³-hybridized carbons (Fsp3) is 1.00. The lowest BCUT2D eigenvalue weighted by Gasteiger charge is -2.14. The van der Waals surface area contributed by atoms with Gasteiger partial charge in [0.25, 0.3) is 0 Å². The van der Waals surface area contributed by atoms with Gasteiger partial charge in [0, 0.05) is 0 Å². The van der Waals surface area contributed by atoms with E-state index in [-0.39, 0.29) is 0 Å². The molecule has 0 aromatic rings. The summed E-state index contributed by atoms with van der Waals surface area (Å²) < 4.78 is 0. The van der Waals surface area contributed by atoms with Crippen molar-refractivity contribution in [3.05, 3.63) is 0 Å². The summed E-state index contributed by atoms with van der Waals surface area (Å²) in [6.07, 6.45) is 2.40. The van der Waals surface area contributed by atoms with Gasteiger partial charge in [0.1, 0.15) is 0 Å². The fourth-order valence-corrected chi connectivity index (χ4v) is 5.80. The lowest BCUT2D eigenvalue weighted by molar-refractivity contribution is 1.49. The van der Waals surface area contributed by atoms with Crippen LogP contribution in [0.3, 0.4) is 0 Å². The maximum Gasteiger partial charge on any atom is -0.0193 e. The Kier molecular flexibility index (Phi) is 4.30. The Morgan fingerprint density at radius 2 is 1.00 bits per heavy atom. The molecule has 0 nitrogen and oxygen atoms in total. The van der Waals surface area contributed by atoms with Crippen LogP contribution in [0.15, 0.2) is 0 Å². The van der Waals surface area contributed by atoms with Crippen LogP contribution in [-0.4, -0.2) is 39.0 Å². The fourth-order valence-electron chi connectivity index (χ4n) is 0.482. The summed E-state index contributed by atoms with van der Waals surface area (Å²) in [5.74, 6) is 0. The first-order chi connectivity index (χ1) is 4.21. The smallest absolute Gasteiger partial charge is 0.0193 e. The highest BCUT2D eigenvalue weighted by Gasteiger charge is 2.07. The van der Waals surface area contributed by atoms with E-state index < -0.39 is 12.1 Å². The van der Waals surface area contributed by atoms with E-state index in [1.807, 2.05) is 0 Å². The van der Waals surface area contributed by atoms with E-state index in [0.717, 1.165) is 0 Å². The van der Waals surface area contributed by atoms with Crippen molar-refractivity contribution in [3.63, 3.8) is 0 Å². The molecule has 62 valence electrons. The highest BCUT2D eigenvalue weighted by atomic mass is 32.4. The summed E-state index contributed by atoms with van der Waals surface area (Å²) in [6.45, 7) is 8.81. The third-order valence-corrected chi connectivity index (χ3v) is 5.23. The lowest BCUT2D eigenvalue weighted by Crippen LogP contribution is -1.93. The molecule has 0 saturated carbocycles.